The Morgan fingerprint density at radius 2 is 1.76 bits per heavy atom. The van der Waals surface area contributed by atoms with E-state index < -0.39 is 10.8 Å². The normalized spacial score (nSPS) is 10.5. The zero-order valence-corrected chi connectivity index (χ0v) is 15.2. The molecule has 0 heterocycles. The van der Waals surface area contributed by atoms with Gasteiger partial charge in [-0.25, -0.2) is 0 Å². The first kappa shape index (κ1) is 20.8. The highest BCUT2D eigenvalue weighted by Crippen LogP contribution is 2.26. The second-order valence-corrected chi connectivity index (χ2v) is 6.29. The van der Waals surface area contributed by atoms with Crippen molar-refractivity contribution in [2.75, 3.05) is 5.32 Å². The highest BCUT2D eigenvalue weighted by Gasteiger charge is 2.18. The molecule has 6 nitrogen and oxygen atoms in total. The van der Waals surface area contributed by atoms with E-state index in [0.717, 1.165) is 50.5 Å². The summed E-state index contributed by atoms with van der Waals surface area (Å²) in [5, 5.41) is 13.8. The third-order valence-corrected chi connectivity index (χ3v) is 4.02. The lowest BCUT2D eigenvalue weighted by Crippen LogP contribution is -2.17. The highest BCUT2D eigenvalue weighted by atomic mass is 16.6. The van der Waals surface area contributed by atoms with Crippen LogP contribution in [0.4, 0.5) is 11.4 Å². The molecule has 0 aliphatic rings. The Bertz CT molecular complexity index is 599. The second-order valence-electron chi connectivity index (χ2n) is 6.29. The zero-order valence-electron chi connectivity index (χ0n) is 15.2. The lowest BCUT2D eigenvalue weighted by Gasteiger charge is -2.08. The van der Waals surface area contributed by atoms with Gasteiger partial charge in [0.25, 0.3) is 5.69 Å². The van der Waals surface area contributed by atoms with Crippen LogP contribution in [0.2, 0.25) is 0 Å². The lowest BCUT2D eigenvalue weighted by atomic mass is 10.1. The molecule has 1 N–H and O–H groups in total. The molecule has 6 heteroatoms. The predicted molar refractivity (Wildman–Crippen MR) is 98.7 cm³/mol. The summed E-state index contributed by atoms with van der Waals surface area (Å²) < 4.78 is 0. The zero-order chi connectivity index (χ0) is 18.7. The van der Waals surface area contributed by atoms with E-state index in [9.17, 15) is 19.7 Å². The van der Waals surface area contributed by atoms with Crippen molar-refractivity contribution in [2.45, 2.75) is 71.6 Å². The Morgan fingerprint density at radius 3 is 2.40 bits per heavy atom. The molecule has 0 radical (unpaired) electrons. The number of Topliss-reactive ketones (excluding diaryl/α,β-unsaturated/α-hetero) is 1. The molecule has 0 unspecified atom stereocenters. The van der Waals surface area contributed by atoms with Gasteiger partial charge in [0.15, 0.2) is 0 Å². The Labute approximate surface area is 149 Å². The number of benzene rings is 1. The number of anilines is 1. The summed E-state index contributed by atoms with van der Waals surface area (Å²) in [5.74, 6) is -0.631. The first-order valence-corrected chi connectivity index (χ1v) is 9.06. The van der Waals surface area contributed by atoms with E-state index in [2.05, 4.69) is 12.2 Å². The van der Waals surface area contributed by atoms with Crippen LogP contribution >= 0.6 is 0 Å². The van der Waals surface area contributed by atoms with E-state index in [1.54, 1.807) is 12.1 Å². The number of rotatable bonds is 12. The van der Waals surface area contributed by atoms with E-state index in [1.807, 2.05) is 6.92 Å². The van der Waals surface area contributed by atoms with Crippen LogP contribution in [-0.4, -0.2) is 16.6 Å². The minimum Gasteiger partial charge on any atom is -0.320 e. The third-order valence-electron chi connectivity index (χ3n) is 4.02. The number of unbranched alkanes of at least 4 members (excludes halogenated alkanes) is 4. The molecule has 1 aromatic carbocycles. The first-order chi connectivity index (χ1) is 12.0. The van der Waals surface area contributed by atoms with E-state index in [1.165, 1.54) is 6.07 Å². The molecular formula is C19H28N2O4. The molecular weight excluding hydrogens is 320 g/mol. The van der Waals surface area contributed by atoms with Crippen LogP contribution in [0.1, 0.15) is 70.8 Å². The number of nitrogens with one attached hydrogen (secondary N) is 1. The number of aryl methyl sites for hydroxylation is 1. The van der Waals surface area contributed by atoms with Crippen molar-refractivity contribution in [1.29, 1.82) is 0 Å². The molecule has 0 atom stereocenters. The molecule has 138 valence electrons. The average molecular weight is 348 g/mol. The molecule has 0 fully saturated rings. The van der Waals surface area contributed by atoms with Crippen molar-refractivity contribution >= 4 is 23.1 Å². The van der Waals surface area contributed by atoms with Crippen LogP contribution in [-0.2, 0) is 16.0 Å². The summed E-state index contributed by atoms with van der Waals surface area (Å²) >= 11 is 0. The van der Waals surface area contributed by atoms with Crippen molar-refractivity contribution in [3.8, 4) is 0 Å². The van der Waals surface area contributed by atoms with Crippen LogP contribution in [0.5, 0.6) is 0 Å². The van der Waals surface area contributed by atoms with Crippen LogP contribution in [0.3, 0.4) is 0 Å². The van der Waals surface area contributed by atoms with Gasteiger partial charge < -0.3 is 5.32 Å². The summed E-state index contributed by atoms with van der Waals surface area (Å²) in [6.07, 6.45) is 6.79. The summed E-state index contributed by atoms with van der Waals surface area (Å²) in [7, 11) is 0. The van der Waals surface area contributed by atoms with Gasteiger partial charge in [-0.05, 0) is 30.9 Å². The lowest BCUT2D eigenvalue weighted by molar-refractivity contribution is -0.384. The minimum absolute atomic E-state index is 0.124. The largest absolute Gasteiger partial charge is 0.320 e. The summed E-state index contributed by atoms with van der Waals surface area (Å²) in [4.78, 5) is 34.5. The van der Waals surface area contributed by atoms with Gasteiger partial charge in [-0.3, -0.25) is 19.7 Å². The standard InChI is InChI=1S/C19H28N2O4/c1-3-5-7-9-15-11-12-17(18(13-15)21(24)25)20-19(23)14-16(22)10-8-6-4-2/h11-13H,3-10,14H2,1-2H3,(H,20,23). The van der Waals surface area contributed by atoms with Gasteiger partial charge in [0.1, 0.15) is 11.5 Å². The molecule has 0 aliphatic heterocycles. The summed E-state index contributed by atoms with van der Waals surface area (Å²) in [6.45, 7) is 4.15. The SMILES string of the molecule is CCCCCC(=O)CC(=O)Nc1ccc(CCCCC)cc1[N+](=O)[O-]. The number of ketones is 1. The maximum absolute atomic E-state index is 12.0. The van der Waals surface area contributed by atoms with Crippen molar-refractivity contribution in [3.05, 3.63) is 33.9 Å². The molecule has 1 rings (SSSR count). The minimum atomic E-state index is -0.498. The fourth-order valence-corrected chi connectivity index (χ4v) is 2.60. The summed E-state index contributed by atoms with van der Waals surface area (Å²) in [5.41, 5.74) is 0.908. The van der Waals surface area contributed by atoms with E-state index in [4.69, 9.17) is 0 Å². The van der Waals surface area contributed by atoms with E-state index >= 15 is 0 Å². The topological polar surface area (TPSA) is 89.3 Å². The van der Waals surface area contributed by atoms with Gasteiger partial charge in [0.05, 0.1) is 11.3 Å². The number of carbonyl (C=O) groups excluding carboxylic acids is 2. The van der Waals surface area contributed by atoms with Crippen LogP contribution in [0.25, 0.3) is 0 Å². The number of nitro benzene ring substituents is 1. The quantitative estimate of drug-likeness (QED) is 0.254. The molecule has 0 aliphatic carbocycles. The molecule has 0 saturated heterocycles. The third kappa shape index (κ3) is 7.92. The number of nitro groups is 1. The number of hydrogen-bond acceptors (Lipinski definition) is 4. The van der Waals surface area contributed by atoms with Gasteiger partial charge in [-0.1, -0.05) is 45.6 Å². The number of carbonyl (C=O) groups is 2. The molecule has 1 aromatic rings. The van der Waals surface area contributed by atoms with Crippen molar-refractivity contribution < 1.29 is 14.5 Å². The first-order valence-electron chi connectivity index (χ1n) is 9.06. The number of hydrogen-bond donors (Lipinski definition) is 1. The summed E-state index contributed by atoms with van der Waals surface area (Å²) in [6, 6.07) is 4.86. The molecule has 0 aromatic heterocycles. The Balaban J connectivity index is 2.68. The van der Waals surface area contributed by atoms with Crippen molar-refractivity contribution in [1.82, 2.24) is 0 Å². The van der Waals surface area contributed by atoms with Crippen LogP contribution in [0.15, 0.2) is 18.2 Å². The van der Waals surface area contributed by atoms with Gasteiger partial charge in [0, 0.05) is 12.5 Å². The van der Waals surface area contributed by atoms with E-state index in [-0.39, 0.29) is 23.6 Å². The van der Waals surface area contributed by atoms with Crippen molar-refractivity contribution in [3.63, 3.8) is 0 Å². The predicted octanol–water partition coefficient (Wildman–Crippen LogP) is 4.81. The smallest absolute Gasteiger partial charge is 0.293 e. The molecule has 0 bridgehead atoms. The highest BCUT2D eigenvalue weighted by molar-refractivity contribution is 6.05. The van der Waals surface area contributed by atoms with Gasteiger partial charge in [-0.15, -0.1) is 0 Å². The second kappa shape index (κ2) is 11.3. The van der Waals surface area contributed by atoms with Crippen LogP contribution < -0.4 is 5.32 Å². The molecule has 25 heavy (non-hydrogen) atoms. The van der Waals surface area contributed by atoms with Crippen molar-refractivity contribution in [2.24, 2.45) is 0 Å². The molecule has 0 spiro atoms. The average Bonchev–Trinajstić information content (AvgIpc) is 2.56. The van der Waals surface area contributed by atoms with Gasteiger partial charge in [-0.2, -0.15) is 0 Å². The number of nitrogens with zero attached hydrogens (tertiary/aromatic N) is 1. The molecule has 1 amide bonds. The maximum atomic E-state index is 12.0. The van der Waals surface area contributed by atoms with E-state index in [0.29, 0.717) is 6.42 Å². The monoisotopic (exact) mass is 348 g/mol. The Kier molecular flexibility index (Phi) is 9.43. The Morgan fingerprint density at radius 1 is 1.08 bits per heavy atom. The Hall–Kier alpha value is -2.24. The van der Waals surface area contributed by atoms with Gasteiger partial charge in [0.2, 0.25) is 5.91 Å². The van der Waals surface area contributed by atoms with Crippen LogP contribution in [0, 0.1) is 10.1 Å². The fraction of sp³-hybridized carbons (Fsp3) is 0.579. The number of amides is 1. The maximum Gasteiger partial charge on any atom is 0.293 e. The molecule has 0 saturated carbocycles. The fourth-order valence-electron chi connectivity index (χ4n) is 2.60. The van der Waals surface area contributed by atoms with Gasteiger partial charge >= 0.3 is 0 Å².